The zero-order valence-electron chi connectivity index (χ0n) is 7.32. The summed E-state index contributed by atoms with van der Waals surface area (Å²) in [5.41, 5.74) is 4.85. The van der Waals surface area contributed by atoms with Gasteiger partial charge in [0.15, 0.2) is 0 Å². The van der Waals surface area contributed by atoms with E-state index in [0.29, 0.717) is 11.8 Å². The maximum absolute atomic E-state index is 5.77. The molecule has 0 heterocycles. The predicted molar refractivity (Wildman–Crippen MR) is 55.0 cm³/mol. The summed E-state index contributed by atoms with van der Waals surface area (Å²) in [6.45, 7) is 4.14. The van der Waals surface area contributed by atoms with Crippen molar-refractivity contribution >= 4 is 23.2 Å². The Morgan fingerprint density at radius 1 is 0.917 bits per heavy atom. The highest BCUT2D eigenvalue weighted by Crippen LogP contribution is 2.18. The molecule has 0 nitrogen and oxygen atoms in total. The molecule has 1 aromatic carbocycles. The SMILES string of the molecule is Cc1cc(C)c(CCl)cc1CCl. The van der Waals surface area contributed by atoms with Gasteiger partial charge < -0.3 is 0 Å². The number of rotatable bonds is 2. The second-order valence-corrected chi connectivity index (χ2v) is 3.51. The van der Waals surface area contributed by atoms with E-state index in [1.165, 1.54) is 22.3 Å². The van der Waals surface area contributed by atoms with E-state index in [1.54, 1.807) is 0 Å². The molecule has 0 aromatic heterocycles. The van der Waals surface area contributed by atoms with Crippen LogP contribution >= 0.6 is 23.2 Å². The number of benzene rings is 1. The van der Waals surface area contributed by atoms with E-state index in [0.717, 1.165) is 0 Å². The third kappa shape index (κ3) is 1.94. The van der Waals surface area contributed by atoms with Crippen LogP contribution in [0, 0.1) is 13.8 Å². The Labute approximate surface area is 83.5 Å². The topological polar surface area (TPSA) is 0 Å². The van der Waals surface area contributed by atoms with Crippen molar-refractivity contribution in [2.24, 2.45) is 0 Å². The molecule has 0 amide bonds. The summed E-state index contributed by atoms with van der Waals surface area (Å²) in [6, 6.07) is 4.22. The Morgan fingerprint density at radius 3 is 1.67 bits per heavy atom. The fourth-order valence-corrected chi connectivity index (χ4v) is 1.81. The van der Waals surface area contributed by atoms with Gasteiger partial charge in [0.25, 0.3) is 0 Å². The molecule has 0 aliphatic carbocycles. The maximum Gasteiger partial charge on any atom is 0.0476 e. The molecule has 0 saturated carbocycles. The minimum Gasteiger partial charge on any atom is -0.122 e. The normalized spacial score (nSPS) is 10.3. The lowest BCUT2D eigenvalue weighted by Gasteiger charge is -2.07. The predicted octanol–water partition coefficient (Wildman–Crippen LogP) is 3.78. The highest BCUT2D eigenvalue weighted by Gasteiger charge is 2.02. The van der Waals surface area contributed by atoms with E-state index in [-0.39, 0.29) is 0 Å². The minimum atomic E-state index is 0.565. The van der Waals surface area contributed by atoms with Crippen molar-refractivity contribution in [2.75, 3.05) is 0 Å². The van der Waals surface area contributed by atoms with Crippen LogP contribution in [0.3, 0.4) is 0 Å². The van der Waals surface area contributed by atoms with E-state index >= 15 is 0 Å². The van der Waals surface area contributed by atoms with Gasteiger partial charge >= 0.3 is 0 Å². The van der Waals surface area contributed by atoms with E-state index < -0.39 is 0 Å². The highest BCUT2D eigenvalue weighted by atomic mass is 35.5. The first kappa shape index (κ1) is 9.88. The fourth-order valence-electron chi connectivity index (χ4n) is 1.24. The van der Waals surface area contributed by atoms with Crippen molar-refractivity contribution in [2.45, 2.75) is 25.6 Å². The van der Waals surface area contributed by atoms with Crippen LogP contribution in [0.1, 0.15) is 22.3 Å². The Kier molecular flexibility index (Phi) is 3.42. The second-order valence-electron chi connectivity index (χ2n) is 2.97. The van der Waals surface area contributed by atoms with Crippen LogP contribution in [-0.2, 0) is 11.8 Å². The summed E-state index contributed by atoms with van der Waals surface area (Å²) < 4.78 is 0. The largest absolute Gasteiger partial charge is 0.122 e. The molecule has 0 atom stereocenters. The molecule has 0 N–H and O–H groups in total. The Balaban J connectivity index is 3.18. The maximum atomic E-state index is 5.77. The van der Waals surface area contributed by atoms with Crippen molar-refractivity contribution in [3.8, 4) is 0 Å². The Morgan fingerprint density at radius 2 is 1.33 bits per heavy atom. The molecule has 0 aliphatic rings. The van der Waals surface area contributed by atoms with E-state index in [1.807, 2.05) is 0 Å². The lowest BCUT2D eigenvalue weighted by Crippen LogP contribution is -1.91. The quantitative estimate of drug-likeness (QED) is 0.641. The molecule has 0 saturated heterocycles. The van der Waals surface area contributed by atoms with Crippen LogP contribution in [-0.4, -0.2) is 0 Å². The number of hydrogen-bond donors (Lipinski definition) is 0. The second kappa shape index (κ2) is 4.15. The van der Waals surface area contributed by atoms with Gasteiger partial charge in [-0.05, 0) is 36.1 Å². The van der Waals surface area contributed by atoms with Crippen LogP contribution in [0.25, 0.3) is 0 Å². The van der Waals surface area contributed by atoms with Crippen molar-refractivity contribution in [3.63, 3.8) is 0 Å². The summed E-state index contributed by atoms with van der Waals surface area (Å²) in [6.07, 6.45) is 0. The molecule has 0 radical (unpaired) electrons. The van der Waals surface area contributed by atoms with E-state index in [4.69, 9.17) is 23.2 Å². The molecule has 66 valence electrons. The molecule has 0 bridgehead atoms. The molecule has 1 rings (SSSR count). The van der Waals surface area contributed by atoms with Gasteiger partial charge in [-0.3, -0.25) is 0 Å². The summed E-state index contributed by atoms with van der Waals surface area (Å²) in [4.78, 5) is 0. The Bertz CT molecular complexity index is 254. The van der Waals surface area contributed by atoms with Gasteiger partial charge in [0, 0.05) is 11.8 Å². The standard InChI is InChI=1S/C10H12Cl2/c1-7-3-8(2)10(6-12)4-9(7)5-11/h3-4H,5-6H2,1-2H3. The van der Waals surface area contributed by atoms with Gasteiger partial charge in [0.05, 0.1) is 0 Å². The fraction of sp³-hybridized carbons (Fsp3) is 0.400. The van der Waals surface area contributed by atoms with Gasteiger partial charge in [0.1, 0.15) is 0 Å². The summed E-state index contributed by atoms with van der Waals surface area (Å²) >= 11 is 11.5. The van der Waals surface area contributed by atoms with Crippen molar-refractivity contribution < 1.29 is 0 Å². The average molecular weight is 203 g/mol. The first-order valence-corrected chi connectivity index (χ1v) is 4.97. The zero-order chi connectivity index (χ0) is 9.14. The van der Waals surface area contributed by atoms with Gasteiger partial charge in [0.2, 0.25) is 0 Å². The van der Waals surface area contributed by atoms with Crippen molar-refractivity contribution in [1.82, 2.24) is 0 Å². The lowest BCUT2D eigenvalue weighted by atomic mass is 10.0. The van der Waals surface area contributed by atoms with Crippen LogP contribution in [0.4, 0.5) is 0 Å². The molecule has 0 fully saturated rings. The molecule has 12 heavy (non-hydrogen) atoms. The van der Waals surface area contributed by atoms with E-state index in [2.05, 4.69) is 26.0 Å². The zero-order valence-corrected chi connectivity index (χ0v) is 8.84. The van der Waals surface area contributed by atoms with Gasteiger partial charge in [-0.2, -0.15) is 0 Å². The third-order valence-electron chi connectivity index (χ3n) is 2.08. The first-order valence-electron chi connectivity index (χ1n) is 3.90. The number of alkyl halides is 2. The molecule has 0 spiro atoms. The van der Waals surface area contributed by atoms with Gasteiger partial charge in [-0.25, -0.2) is 0 Å². The monoisotopic (exact) mass is 202 g/mol. The summed E-state index contributed by atoms with van der Waals surface area (Å²) in [5.74, 6) is 1.13. The molecule has 0 unspecified atom stereocenters. The van der Waals surface area contributed by atoms with Crippen LogP contribution in [0.15, 0.2) is 12.1 Å². The molecule has 0 aliphatic heterocycles. The molecular weight excluding hydrogens is 191 g/mol. The minimum absolute atomic E-state index is 0.565. The van der Waals surface area contributed by atoms with Crippen molar-refractivity contribution in [3.05, 3.63) is 34.4 Å². The van der Waals surface area contributed by atoms with Gasteiger partial charge in [-0.15, -0.1) is 23.2 Å². The highest BCUT2D eigenvalue weighted by molar-refractivity contribution is 6.17. The molecule has 2 heteroatoms. The summed E-state index contributed by atoms with van der Waals surface area (Å²) in [5, 5.41) is 0. The third-order valence-corrected chi connectivity index (χ3v) is 2.66. The lowest BCUT2D eigenvalue weighted by molar-refractivity contribution is 1.20. The number of hydrogen-bond acceptors (Lipinski definition) is 0. The van der Waals surface area contributed by atoms with E-state index in [9.17, 15) is 0 Å². The van der Waals surface area contributed by atoms with Gasteiger partial charge in [-0.1, -0.05) is 12.1 Å². The average Bonchev–Trinajstić information content (AvgIpc) is 2.05. The smallest absolute Gasteiger partial charge is 0.0476 e. The number of halogens is 2. The van der Waals surface area contributed by atoms with Crippen LogP contribution < -0.4 is 0 Å². The first-order chi connectivity index (χ1) is 5.69. The Hall–Kier alpha value is -0.200. The number of aryl methyl sites for hydroxylation is 2. The molecular formula is C10H12Cl2. The van der Waals surface area contributed by atoms with Crippen molar-refractivity contribution in [1.29, 1.82) is 0 Å². The van der Waals surface area contributed by atoms with Crippen LogP contribution in [0.2, 0.25) is 0 Å². The summed E-state index contributed by atoms with van der Waals surface area (Å²) in [7, 11) is 0. The molecule has 1 aromatic rings. The van der Waals surface area contributed by atoms with Crippen LogP contribution in [0.5, 0.6) is 0 Å².